The number of terminal acetylenes is 1. The molecule has 0 aliphatic carbocycles. The van der Waals surface area contributed by atoms with E-state index in [0.717, 1.165) is 0 Å². The highest BCUT2D eigenvalue weighted by Gasteiger charge is 2.06. The van der Waals surface area contributed by atoms with Gasteiger partial charge < -0.3 is 0 Å². The van der Waals surface area contributed by atoms with E-state index in [4.69, 9.17) is 6.42 Å². The van der Waals surface area contributed by atoms with Gasteiger partial charge in [-0.25, -0.2) is 4.98 Å². The second kappa shape index (κ2) is 4.42. The van der Waals surface area contributed by atoms with Crippen molar-refractivity contribution >= 4 is 22.7 Å². The van der Waals surface area contributed by atoms with Gasteiger partial charge >= 0.3 is 0 Å². The predicted octanol–water partition coefficient (Wildman–Crippen LogP) is 1.66. The molecule has 2 rings (SSSR count). The van der Waals surface area contributed by atoms with E-state index in [1.54, 1.807) is 13.1 Å². The van der Waals surface area contributed by atoms with E-state index < -0.39 is 0 Å². The van der Waals surface area contributed by atoms with Crippen molar-refractivity contribution in [3.05, 3.63) is 34.6 Å². The number of benzene rings is 1. The number of fused-ring (bicyclic) bond motifs is 1. The van der Waals surface area contributed by atoms with Crippen molar-refractivity contribution in [2.75, 3.05) is 5.75 Å². The lowest BCUT2D eigenvalue weighted by molar-refractivity contribution is 0.727. The van der Waals surface area contributed by atoms with Gasteiger partial charge in [0.15, 0.2) is 5.16 Å². The number of para-hydroxylation sites is 1. The molecule has 0 atom stereocenters. The summed E-state index contributed by atoms with van der Waals surface area (Å²) < 4.78 is 1.53. The van der Waals surface area contributed by atoms with Crippen LogP contribution in [0.4, 0.5) is 0 Å². The molecule has 4 heteroatoms. The molecule has 0 fully saturated rings. The van der Waals surface area contributed by atoms with Crippen molar-refractivity contribution in [3.63, 3.8) is 0 Å². The van der Waals surface area contributed by atoms with Crippen LogP contribution < -0.4 is 5.56 Å². The topological polar surface area (TPSA) is 34.9 Å². The molecule has 0 spiro atoms. The SMILES string of the molecule is C#CCSc1nc2ccccc2c(=O)n1C. The quantitative estimate of drug-likeness (QED) is 0.447. The molecule has 0 N–H and O–H groups in total. The maximum Gasteiger partial charge on any atom is 0.261 e. The summed E-state index contributed by atoms with van der Waals surface area (Å²) in [7, 11) is 1.71. The van der Waals surface area contributed by atoms with Crippen molar-refractivity contribution in [1.29, 1.82) is 0 Å². The molecule has 1 aromatic carbocycles. The van der Waals surface area contributed by atoms with Gasteiger partial charge in [-0.2, -0.15) is 0 Å². The van der Waals surface area contributed by atoms with Gasteiger partial charge in [0.05, 0.1) is 16.7 Å². The molecular formula is C12H10N2OS. The van der Waals surface area contributed by atoms with Gasteiger partial charge in [-0.15, -0.1) is 6.42 Å². The monoisotopic (exact) mass is 230 g/mol. The number of rotatable bonds is 2. The number of thioether (sulfide) groups is 1. The van der Waals surface area contributed by atoms with Crippen LogP contribution >= 0.6 is 11.8 Å². The first-order valence-electron chi connectivity index (χ1n) is 4.76. The average molecular weight is 230 g/mol. The Labute approximate surface area is 97.5 Å². The molecule has 80 valence electrons. The molecule has 0 aliphatic heterocycles. The van der Waals surface area contributed by atoms with Crippen molar-refractivity contribution in [3.8, 4) is 12.3 Å². The Kier molecular flexibility index (Phi) is 2.97. The van der Waals surface area contributed by atoms with Gasteiger partial charge in [0.25, 0.3) is 5.56 Å². The van der Waals surface area contributed by atoms with Crippen molar-refractivity contribution < 1.29 is 0 Å². The summed E-state index contributed by atoms with van der Waals surface area (Å²) in [6.07, 6.45) is 5.19. The summed E-state index contributed by atoms with van der Waals surface area (Å²) in [5.74, 6) is 3.03. The molecule has 1 aromatic heterocycles. The Hall–Kier alpha value is -1.73. The molecule has 3 nitrogen and oxygen atoms in total. The van der Waals surface area contributed by atoms with Crippen LogP contribution in [-0.4, -0.2) is 15.3 Å². The second-order valence-corrected chi connectivity index (χ2v) is 4.21. The van der Waals surface area contributed by atoms with Crippen LogP contribution in [0, 0.1) is 12.3 Å². The van der Waals surface area contributed by atoms with Gasteiger partial charge in [-0.05, 0) is 12.1 Å². The minimum Gasteiger partial charge on any atom is -0.290 e. The van der Waals surface area contributed by atoms with Crippen LogP contribution in [0.3, 0.4) is 0 Å². The Balaban J connectivity index is 2.65. The number of aromatic nitrogens is 2. The lowest BCUT2D eigenvalue weighted by atomic mass is 10.2. The molecule has 0 aliphatic rings. The fraction of sp³-hybridized carbons (Fsp3) is 0.167. The lowest BCUT2D eigenvalue weighted by Crippen LogP contribution is -2.19. The fourth-order valence-corrected chi connectivity index (χ4v) is 2.08. The average Bonchev–Trinajstić information content (AvgIpc) is 2.32. The Morgan fingerprint density at radius 1 is 1.50 bits per heavy atom. The predicted molar refractivity (Wildman–Crippen MR) is 66.5 cm³/mol. The molecule has 16 heavy (non-hydrogen) atoms. The van der Waals surface area contributed by atoms with Crippen LogP contribution in [0.25, 0.3) is 10.9 Å². The smallest absolute Gasteiger partial charge is 0.261 e. The number of nitrogens with zero attached hydrogens (tertiary/aromatic N) is 2. The molecule has 0 saturated heterocycles. The van der Waals surface area contributed by atoms with E-state index in [-0.39, 0.29) is 5.56 Å². The lowest BCUT2D eigenvalue weighted by Gasteiger charge is -2.06. The summed E-state index contributed by atoms with van der Waals surface area (Å²) in [4.78, 5) is 16.4. The highest BCUT2D eigenvalue weighted by atomic mass is 32.2. The van der Waals surface area contributed by atoms with Crippen molar-refractivity contribution in [2.45, 2.75) is 5.16 Å². The highest BCUT2D eigenvalue weighted by molar-refractivity contribution is 7.99. The van der Waals surface area contributed by atoms with Gasteiger partial charge in [-0.3, -0.25) is 9.36 Å². The van der Waals surface area contributed by atoms with E-state index in [0.29, 0.717) is 21.8 Å². The normalized spacial score (nSPS) is 10.2. The third-order valence-corrected chi connectivity index (χ3v) is 3.16. The molecule has 0 amide bonds. The molecule has 1 heterocycles. The standard InChI is InChI=1S/C12H10N2OS/c1-3-8-16-12-13-10-7-5-4-6-9(10)11(15)14(12)2/h1,4-7H,8H2,2H3. The van der Waals surface area contributed by atoms with Crippen LogP contribution in [0.1, 0.15) is 0 Å². The van der Waals surface area contributed by atoms with E-state index in [9.17, 15) is 4.79 Å². The van der Waals surface area contributed by atoms with Gasteiger partial charge in [-0.1, -0.05) is 29.8 Å². The van der Waals surface area contributed by atoms with Crippen LogP contribution in [0.5, 0.6) is 0 Å². The maximum atomic E-state index is 12.0. The first kappa shape index (κ1) is 10.8. The first-order valence-corrected chi connectivity index (χ1v) is 5.74. The zero-order valence-electron chi connectivity index (χ0n) is 8.80. The van der Waals surface area contributed by atoms with Crippen molar-refractivity contribution in [2.24, 2.45) is 7.05 Å². The molecule has 0 unspecified atom stereocenters. The summed E-state index contributed by atoms with van der Waals surface area (Å²) in [6, 6.07) is 7.31. The largest absolute Gasteiger partial charge is 0.290 e. The van der Waals surface area contributed by atoms with Crippen LogP contribution in [-0.2, 0) is 7.05 Å². The Bertz CT molecular complexity index is 625. The van der Waals surface area contributed by atoms with E-state index >= 15 is 0 Å². The van der Waals surface area contributed by atoms with Gasteiger partial charge in [0, 0.05) is 7.05 Å². The molecule has 0 radical (unpaired) electrons. The fourth-order valence-electron chi connectivity index (χ4n) is 1.43. The second-order valence-electron chi connectivity index (χ2n) is 3.27. The molecule has 2 aromatic rings. The summed E-state index contributed by atoms with van der Waals surface area (Å²) >= 11 is 1.39. The third kappa shape index (κ3) is 1.82. The third-order valence-electron chi connectivity index (χ3n) is 2.23. The number of hydrogen-bond acceptors (Lipinski definition) is 3. The van der Waals surface area contributed by atoms with Gasteiger partial charge in [0.1, 0.15) is 0 Å². The molecule has 0 saturated carbocycles. The minimum absolute atomic E-state index is 0.0369. The highest BCUT2D eigenvalue weighted by Crippen LogP contribution is 2.15. The van der Waals surface area contributed by atoms with Crippen LogP contribution in [0.15, 0.2) is 34.2 Å². The Morgan fingerprint density at radius 2 is 2.25 bits per heavy atom. The zero-order valence-corrected chi connectivity index (χ0v) is 9.62. The first-order chi connectivity index (χ1) is 7.74. The summed E-state index contributed by atoms with van der Waals surface area (Å²) in [5.41, 5.74) is 0.676. The zero-order chi connectivity index (χ0) is 11.5. The van der Waals surface area contributed by atoms with Crippen molar-refractivity contribution in [1.82, 2.24) is 9.55 Å². The van der Waals surface area contributed by atoms with E-state index in [1.807, 2.05) is 18.2 Å². The Morgan fingerprint density at radius 3 is 3.00 bits per heavy atom. The minimum atomic E-state index is -0.0369. The summed E-state index contributed by atoms with van der Waals surface area (Å²) in [5, 5.41) is 1.29. The maximum absolute atomic E-state index is 12.0. The van der Waals surface area contributed by atoms with E-state index in [2.05, 4.69) is 10.9 Å². The van der Waals surface area contributed by atoms with Gasteiger partial charge in [0.2, 0.25) is 0 Å². The number of hydrogen-bond donors (Lipinski definition) is 0. The van der Waals surface area contributed by atoms with Crippen LogP contribution in [0.2, 0.25) is 0 Å². The molecule has 0 bridgehead atoms. The molecular weight excluding hydrogens is 220 g/mol. The van der Waals surface area contributed by atoms with E-state index in [1.165, 1.54) is 16.3 Å². The summed E-state index contributed by atoms with van der Waals surface area (Å²) in [6.45, 7) is 0.